The van der Waals surface area contributed by atoms with Crippen molar-refractivity contribution in [1.29, 1.82) is 0 Å². The summed E-state index contributed by atoms with van der Waals surface area (Å²) in [5.41, 5.74) is 4.95. The number of carbonyl (C=O) groups excluding carboxylic acids is 1. The highest BCUT2D eigenvalue weighted by molar-refractivity contribution is 9.10. The van der Waals surface area contributed by atoms with E-state index in [1.807, 2.05) is 39.0 Å². The van der Waals surface area contributed by atoms with Gasteiger partial charge in [0.15, 0.2) is 11.7 Å². The largest absolute Gasteiger partial charge is 0.440 e. The van der Waals surface area contributed by atoms with Crippen LogP contribution in [0.3, 0.4) is 0 Å². The summed E-state index contributed by atoms with van der Waals surface area (Å²) in [7, 11) is 0. The monoisotopic (exact) mass is 510 g/mol. The standard InChI is InChI=1S/C27H31BrN2O3/c1-16-13-20(18(3)29-22-8-6-7-19(15-31)23(22)28)25-21(14-16)24(32)17(2)26(33-25)30-11-9-27(4,5)10-12-30/h6-8,13-15,18,29H,9-12H2,1-5H3. The number of carbonyl (C=O) groups is 1. The molecule has 33 heavy (non-hydrogen) atoms. The predicted molar refractivity (Wildman–Crippen MR) is 139 cm³/mol. The molecule has 4 rings (SSSR count). The van der Waals surface area contributed by atoms with Crippen LogP contribution in [0.2, 0.25) is 0 Å². The summed E-state index contributed by atoms with van der Waals surface area (Å²) in [4.78, 5) is 26.9. The molecule has 3 aromatic rings. The van der Waals surface area contributed by atoms with Gasteiger partial charge in [-0.05, 0) is 72.7 Å². The summed E-state index contributed by atoms with van der Waals surface area (Å²) in [6, 6.07) is 9.37. The lowest BCUT2D eigenvalue weighted by Gasteiger charge is -2.37. The summed E-state index contributed by atoms with van der Waals surface area (Å²) < 4.78 is 7.24. The second-order valence-electron chi connectivity index (χ2n) is 9.94. The number of nitrogens with one attached hydrogen (secondary N) is 1. The Kier molecular flexibility index (Phi) is 6.41. The number of anilines is 2. The summed E-state index contributed by atoms with van der Waals surface area (Å²) >= 11 is 3.53. The van der Waals surface area contributed by atoms with E-state index in [1.165, 1.54) is 0 Å². The van der Waals surface area contributed by atoms with Crippen LogP contribution in [0, 0.1) is 19.3 Å². The van der Waals surface area contributed by atoms with Crippen LogP contribution in [0.25, 0.3) is 11.0 Å². The normalized spacial score (nSPS) is 16.6. The van der Waals surface area contributed by atoms with Gasteiger partial charge >= 0.3 is 0 Å². The lowest BCUT2D eigenvalue weighted by molar-refractivity contribution is 0.112. The van der Waals surface area contributed by atoms with Gasteiger partial charge in [-0.25, -0.2) is 0 Å². The van der Waals surface area contributed by atoms with Gasteiger partial charge in [-0.15, -0.1) is 0 Å². The van der Waals surface area contributed by atoms with E-state index >= 15 is 0 Å². The molecule has 1 aliphatic rings. The average Bonchev–Trinajstić information content (AvgIpc) is 2.77. The van der Waals surface area contributed by atoms with Gasteiger partial charge in [0.05, 0.1) is 21.5 Å². The van der Waals surface area contributed by atoms with Crippen LogP contribution in [0.15, 0.2) is 44.0 Å². The molecule has 0 aliphatic carbocycles. The molecule has 1 aliphatic heterocycles. The third-order valence-electron chi connectivity index (χ3n) is 6.77. The van der Waals surface area contributed by atoms with Crippen molar-refractivity contribution in [2.75, 3.05) is 23.3 Å². The first-order valence-electron chi connectivity index (χ1n) is 11.4. The fourth-order valence-corrected chi connectivity index (χ4v) is 5.03. The van der Waals surface area contributed by atoms with Gasteiger partial charge in [-0.3, -0.25) is 9.59 Å². The number of benzene rings is 2. The number of aldehydes is 1. The van der Waals surface area contributed by atoms with E-state index in [1.54, 1.807) is 6.07 Å². The van der Waals surface area contributed by atoms with Crippen LogP contribution >= 0.6 is 15.9 Å². The van der Waals surface area contributed by atoms with Crippen molar-refractivity contribution in [3.05, 3.63) is 67.3 Å². The predicted octanol–water partition coefficient (Wildman–Crippen LogP) is 6.78. The van der Waals surface area contributed by atoms with Crippen molar-refractivity contribution in [2.45, 2.75) is 53.5 Å². The summed E-state index contributed by atoms with van der Waals surface area (Å²) in [6.45, 7) is 12.2. The Morgan fingerprint density at radius 1 is 1.18 bits per heavy atom. The van der Waals surface area contributed by atoms with Gasteiger partial charge in [0, 0.05) is 29.9 Å². The van der Waals surface area contributed by atoms with Crippen molar-refractivity contribution in [3.8, 4) is 0 Å². The second-order valence-corrected chi connectivity index (χ2v) is 10.7. The lowest BCUT2D eigenvalue weighted by atomic mass is 9.82. The van der Waals surface area contributed by atoms with Crippen LogP contribution in [-0.4, -0.2) is 19.4 Å². The van der Waals surface area contributed by atoms with E-state index in [0.717, 1.165) is 53.5 Å². The molecule has 5 nitrogen and oxygen atoms in total. The highest BCUT2D eigenvalue weighted by atomic mass is 79.9. The molecule has 0 radical (unpaired) electrons. The van der Waals surface area contributed by atoms with Crippen LogP contribution in [0.1, 0.15) is 66.7 Å². The molecule has 1 fully saturated rings. The summed E-state index contributed by atoms with van der Waals surface area (Å²) in [5, 5.41) is 4.09. The molecule has 0 amide bonds. The number of hydrogen-bond donors (Lipinski definition) is 1. The second kappa shape index (κ2) is 8.98. The molecule has 0 bridgehead atoms. The van der Waals surface area contributed by atoms with Crippen LogP contribution < -0.4 is 15.6 Å². The van der Waals surface area contributed by atoms with Gasteiger partial charge in [0.25, 0.3) is 0 Å². The van der Waals surface area contributed by atoms with Gasteiger partial charge < -0.3 is 14.6 Å². The van der Waals surface area contributed by atoms with E-state index in [9.17, 15) is 9.59 Å². The van der Waals surface area contributed by atoms with Crippen molar-refractivity contribution in [3.63, 3.8) is 0 Å². The number of aryl methyl sites for hydroxylation is 1. The van der Waals surface area contributed by atoms with E-state index < -0.39 is 0 Å². The number of rotatable bonds is 5. The quantitative estimate of drug-likeness (QED) is 0.383. The molecular formula is C27H31BrN2O3. The highest BCUT2D eigenvalue weighted by Gasteiger charge is 2.28. The molecule has 1 aromatic heterocycles. The Morgan fingerprint density at radius 3 is 2.55 bits per heavy atom. The summed E-state index contributed by atoms with van der Waals surface area (Å²) in [6.07, 6.45) is 2.96. The lowest BCUT2D eigenvalue weighted by Crippen LogP contribution is -2.38. The topological polar surface area (TPSA) is 62.6 Å². The SMILES string of the molecule is Cc1cc(C(C)Nc2cccc(C=O)c2Br)c2oc(N3CCC(C)(C)CC3)c(C)c(=O)c2c1. The van der Waals surface area contributed by atoms with Gasteiger partial charge in [0.2, 0.25) is 5.88 Å². The summed E-state index contributed by atoms with van der Waals surface area (Å²) in [5.74, 6) is 0.685. The number of fused-ring (bicyclic) bond motifs is 1. The first-order valence-corrected chi connectivity index (χ1v) is 12.2. The fourth-order valence-electron chi connectivity index (χ4n) is 4.56. The van der Waals surface area contributed by atoms with E-state index in [4.69, 9.17) is 4.42 Å². The average molecular weight is 511 g/mol. The molecular weight excluding hydrogens is 480 g/mol. The number of halogens is 1. The Labute approximate surface area is 203 Å². The Balaban J connectivity index is 1.79. The smallest absolute Gasteiger partial charge is 0.202 e. The van der Waals surface area contributed by atoms with Crippen molar-refractivity contribution in [1.82, 2.24) is 0 Å². The minimum absolute atomic E-state index is 0.0253. The van der Waals surface area contributed by atoms with E-state index in [-0.39, 0.29) is 11.5 Å². The first kappa shape index (κ1) is 23.6. The van der Waals surface area contributed by atoms with Crippen LogP contribution in [0.5, 0.6) is 0 Å². The molecule has 0 saturated carbocycles. The maximum Gasteiger partial charge on any atom is 0.202 e. The Bertz CT molecular complexity index is 1270. The fraction of sp³-hybridized carbons (Fsp3) is 0.407. The van der Waals surface area contributed by atoms with Gasteiger partial charge in [0.1, 0.15) is 5.58 Å². The third kappa shape index (κ3) is 4.58. The van der Waals surface area contributed by atoms with Crippen molar-refractivity contribution >= 4 is 44.8 Å². The molecule has 1 saturated heterocycles. The zero-order valence-electron chi connectivity index (χ0n) is 19.9. The molecule has 2 aromatic carbocycles. The number of hydrogen-bond acceptors (Lipinski definition) is 5. The first-order chi connectivity index (χ1) is 15.6. The zero-order chi connectivity index (χ0) is 23.9. The minimum atomic E-state index is -0.149. The highest BCUT2D eigenvalue weighted by Crippen LogP contribution is 2.36. The zero-order valence-corrected chi connectivity index (χ0v) is 21.5. The maximum atomic E-state index is 13.4. The number of piperidine rings is 1. The van der Waals surface area contributed by atoms with E-state index in [2.05, 4.69) is 46.1 Å². The Morgan fingerprint density at radius 2 is 1.88 bits per heavy atom. The minimum Gasteiger partial charge on any atom is -0.440 e. The van der Waals surface area contributed by atoms with Gasteiger partial charge in [-0.1, -0.05) is 32.0 Å². The molecule has 0 spiro atoms. The third-order valence-corrected chi connectivity index (χ3v) is 7.65. The number of nitrogens with zero attached hydrogens (tertiary/aromatic N) is 1. The van der Waals surface area contributed by atoms with Crippen LogP contribution in [-0.2, 0) is 0 Å². The van der Waals surface area contributed by atoms with Gasteiger partial charge in [-0.2, -0.15) is 0 Å². The molecule has 1 unspecified atom stereocenters. The molecule has 1 atom stereocenters. The van der Waals surface area contributed by atoms with Crippen molar-refractivity contribution in [2.24, 2.45) is 5.41 Å². The molecule has 1 N–H and O–H groups in total. The molecule has 174 valence electrons. The maximum absolute atomic E-state index is 13.4. The van der Waals surface area contributed by atoms with E-state index in [0.29, 0.717) is 33.4 Å². The van der Waals surface area contributed by atoms with Crippen LogP contribution in [0.4, 0.5) is 11.6 Å². The van der Waals surface area contributed by atoms with Crippen molar-refractivity contribution < 1.29 is 9.21 Å². The Hall–Kier alpha value is -2.60. The molecule has 2 heterocycles. The molecule has 6 heteroatoms.